The summed E-state index contributed by atoms with van der Waals surface area (Å²) in [7, 11) is -2.00. The molecule has 9 heteroatoms. The molecule has 1 aliphatic heterocycles. The maximum atomic E-state index is 10.9. The number of nitrogens with two attached hydrogens (primary N) is 1. The molecule has 0 aromatic heterocycles. The van der Waals surface area contributed by atoms with Gasteiger partial charge < -0.3 is 5.32 Å². The van der Waals surface area contributed by atoms with E-state index in [9.17, 15) is 8.42 Å². The molecule has 0 saturated heterocycles. The Hall–Kier alpha value is 0.290. The lowest BCUT2D eigenvalue weighted by Gasteiger charge is -2.12. The van der Waals surface area contributed by atoms with Crippen molar-refractivity contribution in [1.82, 2.24) is 14.6 Å². The fourth-order valence-corrected chi connectivity index (χ4v) is 3.73. The van der Waals surface area contributed by atoms with Crippen molar-refractivity contribution in [2.75, 3.05) is 7.05 Å². The first kappa shape index (κ1) is 10.4. The van der Waals surface area contributed by atoms with Gasteiger partial charge in [0.2, 0.25) is 0 Å². The van der Waals surface area contributed by atoms with E-state index >= 15 is 0 Å². The zero-order valence-corrected chi connectivity index (χ0v) is 9.83. The summed E-state index contributed by atoms with van der Waals surface area (Å²) in [5.74, 6) is 0. The Kier molecular flexibility index (Phi) is 3.09. The Bertz CT molecular complexity index is 312. The fraction of sp³-hybridized carbons (Fsp3) is 0.333. The average Bonchev–Trinajstić information content (AvgIpc) is 2.29. The summed E-state index contributed by atoms with van der Waals surface area (Å²) in [4.78, 5) is 2.54. The van der Waals surface area contributed by atoms with Crippen LogP contribution in [0.5, 0.6) is 0 Å². The second kappa shape index (κ2) is 3.57. The van der Waals surface area contributed by atoms with Crippen molar-refractivity contribution in [3.8, 4) is 0 Å². The quantitative estimate of drug-likeness (QED) is 0.360. The normalized spacial score (nSPS) is 18.8. The van der Waals surface area contributed by atoms with E-state index in [4.69, 9.17) is 5.14 Å². The van der Waals surface area contributed by atoms with Gasteiger partial charge in [-0.1, -0.05) is 0 Å². The molecule has 0 spiro atoms. The van der Waals surface area contributed by atoms with Crippen LogP contribution in [0, 0.1) is 0 Å². The molecule has 0 fully saturated rings. The van der Waals surface area contributed by atoms with Crippen LogP contribution in [-0.4, -0.2) is 19.9 Å². The van der Waals surface area contributed by atoms with Gasteiger partial charge in [0.15, 0.2) is 0 Å². The zero-order valence-electron chi connectivity index (χ0n) is 6.04. The lowest BCUT2D eigenvalue weighted by molar-refractivity contribution is 0.490. The Labute approximate surface area is 88.4 Å². The standard InChI is InChI=1S/C3H7IN4O2S2/c1-6-3-2(4)8(7-11-3)12(5,9)10/h6-7H,1H3,(H2,5,9,10). The number of halogens is 1. The Morgan fingerprint density at radius 3 is 2.58 bits per heavy atom. The zero-order chi connectivity index (χ0) is 9.35. The molecular weight excluding hydrogens is 315 g/mol. The summed E-state index contributed by atoms with van der Waals surface area (Å²) >= 11 is 3.05. The predicted molar refractivity (Wildman–Crippen MR) is 55.8 cm³/mol. The maximum Gasteiger partial charge on any atom is 0.313 e. The van der Waals surface area contributed by atoms with Crippen molar-refractivity contribution in [2.24, 2.45) is 5.14 Å². The molecule has 0 aliphatic carbocycles. The van der Waals surface area contributed by atoms with Crippen molar-refractivity contribution in [3.63, 3.8) is 0 Å². The third kappa shape index (κ3) is 1.96. The van der Waals surface area contributed by atoms with Gasteiger partial charge in [0, 0.05) is 7.05 Å². The second-order valence-electron chi connectivity index (χ2n) is 1.87. The summed E-state index contributed by atoms with van der Waals surface area (Å²) < 4.78 is 23.2. The van der Waals surface area contributed by atoms with E-state index in [1.165, 1.54) is 0 Å². The third-order valence-corrected chi connectivity index (χ3v) is 4.57. The molecule has 0 radical (unpaired) electrons. The van der Waals surface area contributed by atoms with Crippen molar-refractivity contribution >= 4 is 44.7 Å². The highest BCUT2D eigenvalue weighted by atomic mass is 127. The third-order valence-electron chi connectivity index (χ3n) is 1.08. The van der Waals surface area contributed by atoms with Crippen molar-refractivity contribution in [3.05, 3.63) is 8.73 Å². The van der Waals surface area contributed by atoms with Crippen LogP contribution in [0.15, 0.2) is 8.73 Å². The van der Waals surface area contributed by atoms with Crippen molar-refractivity contribution in [2.45, 2.75) is 0 Å². The van der Waals surface area contributed by atoms with Gasteiger partial charge in [-0.3, -0.25) is 0 Å². The van der Waals surface area contributed by atoms with Gasteiger partial charge in [0.25, 0.3) is 0 Å². The molecular formula is C3H7IN4O2S2. The smallest absolute Gasteiger partial charge is 0.313 e. The lowest BCUT2D eigenvalue weighted by Crippen LogP contribution is -2.38. The molecule has 4 N–H and O–H groups in total. The second-order valence-corrected chi connectivity index (χ2v) is 5.08. The number of hydrazine groups is 1. The van der Waals surface area contributed by atoms with Crippen molar-refractivity contribution < 1.29 is 8.42 Å². The van der Waals surface area contributed by atoms with E-state index in [0.29, 0.717) is 3.70 Å². The summed E-state index contributed by atoms with van der Waals surface area (Å²) in [6, 6.07) is 0. The van der Waals surface area contributed by atoms with Gasteiger partial charge in [0.1, 0.15) is 8.73 Å². The molecule has 12 heavy (non-hydrogen) atoms. The van der Waals surface area contributed by atoms with Crippen LogP contribution in [0.4, 0.5) is 0 Å². The molecule has 6 nitrogen and oxygen atoms in total. The first-order chi connectivity index (χ1) is 5.46. The molecule has 70 valence electrons. The van der Waals surface area contributed by atoms with Gasteiger partial charge >= 0.3 is 10.2 Å². The summed E-state index contributed by atoms with van der Waals surface area (Å²) in [6.45, 7) is 0. The number of hydrogen-bond acceptors (Lipinski definition) is 5. The monoisotopic (exact) mass is 322 g/mol. The summed E-state index contributed by atoms with van der Waals surface area (Å²) in [6.07, 6.45) is 0. The largest absolute Gasteiger partial charge is 0.380 e. The first-order valence-corrected chi connectivity index (χ1v) is 6.19. The van der Waals surface area contributed by atoms with E-state index in [1.54, 1.807) is 7.05 Å². The molecule has 0 aromatic carbocycles. The van der Waals surface area contributed by atoms with Gasteiger partial charge in [-0.2, -0.15) is 17.7 Å². The molecule has 1 aliphatic rings. The molecule has 1 rings (SSSR count). The van der Waals surface area contributed by atoms with Gasteiger partial charge in [-0.15, -0.1) is 0 Å². The highest BCUT2D eigenvalue weighted by molar-refractivity contribution is 14.1. The number of hydrogen-bond donors (Lipinski definition) is 3. The number of nitrogens with zero attached hydrogens (tertiary/aromatic N) is 1. The Morgan fingerprint density at radius 2 is 2.33 bits per heavy atom. The van der Waals surface area contributed by atoms with Crippen LogP contribution >= 0.6 is 34.5 Å². The number of nitrogens with one attached hydrogen (secondary N) is 2. The SMILES string of the molecule is CNC1=C(I)N(S(N)(=O)=O)NS1. The highest BCUT2D eigenvalue weighted by Gasteiger charge is 2.28. The minimum atomic E-state index is -3.70. The van der Waals surface area contributed by atoms with E-state index in [1.807, 2.05) is 22.6 Å². The lowest BCUT2D eigenvalue weighted by atomic mass is 10.9. The number of rotatable bonds is 2. The van der Waals surface area contributed by atoms with Gasteiger partial charge in [-0.25, -0.2) is 5.14 Å². The maximum absolute atomic E-state index is 10.9. The van der Waals surface area contributed by atoms with E-state index in [-0.39, 0.29) is 0 Å². The molecule has 0 aromatic rings. The predicted octanol–water partition coefficient (Wildman–Crippen LogP) is -0.561. The molecule has 0 bridgehead atoms. The minimum Gasteiger partial charge on any atom is -0.380 e. The van der Waals surface area contributed by atoms with Crippen LogP contribution in [0.25, 0.3) is 0 Å². The first-order valence-electron chi connectivity index (χ1n) is 2.80. The topological polar surface area (TPSA) is 87.5 Å². The van der Waals surface area contributed by atoms with E-state index in [2.05, 4.69) is 10.1 Å². The van der Waals surface area contributed by atoms with Crippen LogP contribution in [0.2, 0.25) is 0 Å². The Balaban J connectivity index is 2.95. The van der Waals surface area contributed by atoms with Crippen LogP contribution in [0.1, 0.15) is 0 Å². The summed E-state index contributed by atoms with van der Waals surface area (Å²) in [5.41, 5.74) is 0. The Morgan fingerprint density at radius 1 is 1.75 bits per heavy atom. The van der Waals surface area contributed by atoms with Crippen LogP contribution in [0.3, 0.4) is 0 Å². The minimum absolute atomic E-state index is 0.516. The molecule has 1 heterocycles. The van der Waals surface area contributed by atoms with E-state index < -0.39 is 10.2 Å². The average molecular weight is 322 g/mol. The highest BCUT2D eigenvalue weighted by Crippen LogP contribution is 2.30. The van der Waals surface area contributed by atoms with Crippen LogP contribution in [-0.2, 0) is 10.2 Å². The van der Waals surface area contributed by atoms with Crippen molar-refractivity contribution in [1.29, 1.82) is 0 Å². The molecule has 0 atom stereocenters. The molecule has 0 amide bonds. The fourth-order valence-electron chi connectivity index (χ4n) is 0.579. The molecule has 0 saturated carbocycles. The van der Waals surface area contributed by atoms with Gasteiger partial charge in [-0.05, 0) is 34.5 Å². The van der Waals surface area contributed by atoms with Gasteiger partial charge in [0.05, 0.1) is 0 Å². The van der Waals surface area contributed by atoms with Crippen LogP contribution < -0.4 is 15.3 Å². The van der Waals surface area contributed by atoms with E-state index in [0.717, 1.165) is 21.4 Å². The summed E-state index contributed by atoms with van der Waals surface area (Å²) in [5, 5.41) is 8.46. The molecule has 0 unspecified atom stereocenters.